The van der Waals surface area contributed by atoms with Crippen molar-refractivity contribution in [2.45, 2.75) is 25.4 Å². The van der Waals surface area contributed by atoms with Gasteiger partial charge in [-0.15, -0.1) is 11.3 Å². The van der Waals surface area contributed by atoms with Gasteiger partial charge < -0.3 is 19.9 Å². The van der Waals surface area contributed by atoms with Crippen molar-refractivity contribution in [3.8, 4) is 0 Å². The Morgan fingerprint density at radius 1 is 1.44 bits per heavy atom. The Morgan fingerprint density at radius 2 is 2.25 bits per heavy atom. The first-order valence-corrected chi connectivity index (χ1v) is 12.6. The molecule has 2 aliphatic heterocycles. The molecule has 12 heteroatoms. The second kappa shape index (κ2) is 11.5. The summed E-state index contributed by atoms with van der Waals surface area (Å²) < 4.78 is 24.6. The second-order valence-corrected chi connectivity index (χ2v) is 9.87. The zero-order valence-electron chi connectivity index (χ0n) is 19.7. The Hall–Kier alpha value is -2.86. The summed E-state index contributed by atoms with van der Waals surface area (Å²) in [6.07, 6.45) is 2.03. The largest absolute Gasteiger partial charge is 0.481 e. The Kier molecular flexibility index (Phi) is 8.35. The number of nitrogens with one attached hydrogen (secondary N) is 1. The van der Waals surface area contributed by atoms with E-state index in [1.807, 2.05) is 5.38 Å². The summed E-state index contributed by atoms with van der Waals surface area (Å²) in [6, 6.07) is 2.91. The number of carbonyl (C=O) groups is 2. The van der Waals surface area contributed by atoms with E-state index in [1.165, 1.54) is 36.6 Å². The summed E-state index contributed by atoms with van der Waals surface area (Å²) in [4.78, 5) is 35.7. The average molecular weight is 537 g/mol. The number of aromatic nitrogens is 1. The molecule has 0 aliphatic carbocycles. The van der Waals surface area contributed by atoms with Gasteiger partial charge in [-0.2, -0.15) is 0 Å². The van der Waals surface area contributed by atoms with Crippen molar-refractivity contribution in [2.24, 2.45) is 10.9 Å². The number of esters is 1. The van der Waals surface area contributed by atoms with Crippen molar-refractivity contribution in [1.29, 1.82) is 0 Å². The molecule has 0 amide bonds. The number of hydrogen-bond donors (Lipinski definition) is 2. The number of amidine groups is 1. The van der Waals surface area contributed by atoms with Gasteiger partial charge in [0.2, 0.25) is 0 Å². The van der Waals surface area contributed by atoms with E-state index < -0.39 is 29.7 Å². The monoisotopic (exact) mass is 536 g/mol. The number of thiazole rings is 1. The van der Waals surface area contributed by atoms with Crippen molar-refractivity contribution in [1.82, 2.24) is 15.2 Å². The number of morpholine rings is 1. The van der Waals surface area contributed by atoms with E-state index in [2.05, 4.69) is 15.2 Å². The smallest absolute Gasteiger partial charge is 0.338 e. The fraction of sp³-hybridized carbons (Fsp3) is 0.417. The fourth-order valence-corrected chi connectivity index (χ4v) is 5.15. The standard InChI is InChI=1S/C24H26ClFN4O5S/c1-13(23(31)32)9-15-12-35-7-6-30(15)11-18-19(24(33)34-2)20(16-4-3-14(26)10-17(16)25)29-21(28-18)22-27-5-8-36-22/h3-5,8,10,13,15,20H,6-7,9,11-12H2,1-2H3,(H,28,29)(H,31,32)/t13?,15-,20+/m1/s1. The van der Waals surface area contributed by atoms with E-state index in [0.717, 1.165) is 0 Å². The van der Waals surface area contributed by atoms with Gasteiger partial charge in [0, 0.05) is 47.0 Å². The quantitative estimate of drug-likeness (QED) is 0.494. The van der Waals surface area contributed by atoms with Crippen LogP contribution >= 0.6 is 22.9 Å². The molecule has 1 fully saturated rings. The van der Waals surface area contributed by atoms with Crippen LogP contribution < -0.4 is 5.32 Å². The van der Waals surface area contributed by atoms with Crippen LogP contribution in [0.4, 0.5) is 4.39 Å². The van der Waals surface area contributed by atoms with Crippen LogP contribution in [0.5, 0.6) is 0 Å². The van der Waals surface area contributed by atoms with Gasteiger partial charge in [-0.25, -0.2) is 14.2 Å². The zero-order valence-corrected chi connectivity index (χ0v) is 21.3. The van der Waals surface area contributed by atoms with Crippen molar-refractivity contribution in [2.75, 3.05) is 33.4 Å². The number of carboxylic acids is 1. The molecule has 192 valence electrons. The predicted octanol–water partition coefficient (Wildman–Crippen LogP) is 3.27. The van der Waals surface area contributed by atoms with Gasteiger partial charge in [-0.05, 0) is 18.6 Å². The Bertz CT molecular complexity index is 1190. The minimum Gasteiger partial charge on any atom is -0.481 e. The molecule has 1 aromatic carbocycles. The van der Waals surface area contributed by atoms with Gasteiger partial charge >= 0.3 is 11.9 Å². The van der Waals surface area contributed by atoms with Crippen molar-refractivity contribution in [3.05, 3.63) is 62.5 Å². The van der Waals surface area contributed by atoms with Gasteiger partial charge in [0.25, 0.3) is 0 Å². The third-order valence-corrected chi connectivity index (χ3v) is 7.29. The lowest BCUT2D eigenvalue weighted by molar-refractivity contribution is -0.142. The summed E-state index contributed by atoms with van der Waals surface area (Å²) in [6.45, 7) is 3.33. The highest BCUT2D eigenvalue weighted by atomic mass is 35.5. The molecule has 0 bridgehead atoms. The molecule has 3 heterocycles. The highest BCUT2D eigenvalue weighted by molar-refractivity contribution is 7.11. The number of ether oxygens (including phenoxy) is 2. The van der Waals surface area contributed by atoms with Gasteiger partial charge in [0.15, 0.2) is 10.8 Å². The molecule has 2 aromatic rings. The number of carboxylic acid groups (broad SMARTS) is 1. The molecule has 4 rings (SSSR count). The van der Waals surface area contributed by atoms with Crippen molar-refractivity contribution >= 4 is 40.7 Å². The van der Waals surface area contributed by atoms with E-state index in [-0.39, 0.29) is 23.2 Å². The molecule has 9 nitrogen and oxygen atoms in total. The summed E-state index contributed by atoms with van der Waals surface area (Å²) >= 11 is 7.77. The van der Waals surface area contributed by atoms with E-state index >= 15 is 0 Å². The third kappa shape index (κ3) is 5.75. The number of carbonyl (C=O) groups excluding carboxylic acids is 1. The minimum atomic E-state index is -0.880. The minimum absolute atomic E-state index is 0.129. The topological polar surface area (TPSA) is 113 Å². The molecule has 1 unspecified atom stereocenters. The maximum Gasteiger partial charge on any atom is 0.338 e. The average Bonchev–Trinajstić information content (AvgIpc) is 3.39. The molecule has 1 saturated heterocycles. The molecule has 3 atom stereocenters. The van der Waals surface area contributed by atoms with Crippen LogP contribution in [-0.4, -0.2) is 72.2 Å². The van der Waals surface area contributed by atoms with Crippen LogP contribution in [0.2, 0.25) is 5.02 Å². The molecule has 2 N–H and O–H groups in total. The number of aliphatic imine (C=N–C) groups is 1. The Balaban J connectivity index is 1.77. The highest BCUT2D eigenvalue weighted by Gasteiger charge is 2.36. The van der Waals surface area contributed by atoms with Crippen LogP contribution in [0, 0.1) is 11.7 Å². The van der Waals surface area contributed by atoms with Gasteiger partial charge in [0.05, 0.1) is 31.8 Å². The number of nitrogens with zero attached hydrogens (tertiary/aromatic N) is 3. The van der Waals surface area contributed by atoms with Crippen LogP contribution in [0.25, 0.3) is 0 Å². The number of aliphatic carboxylic acids is 1. The predicted molar refractivity (Wildman–Crippen MR) is 133 cm³/mol. The molecule has 1 aromatic heterocycles. The maximum absolute atomic E-state index is 13.8. The summed E-state index contributed by atoms with van der Waals surface area (Å²) in [7, 11) is 1.28. The molecule has 36 heavy (non-hydrogen) atoms. The number of benzene rings is 1. The summed E-state index contributed by atoms with van der Waals surface area (Å²) in [5, 5.41) is 15.2. The molecule has 0 saturated carbocycles. The Morgan fingerprint density at radius 3 is 2.92 bits per heavy atom. The molecular weight excluding hydrogens is 511 g/mol. The normalized spacial score (nSPS) is 21.5. The van der Waals surface area contributed by atoms with Gasteiger partial charge in [-0.1, -0.05) is 24.6 Å². The molecule has 2 aliphatic rings. The molecular formula is C24H26ClFN4O5S. The number of halogens is 2. The van der Waals surface area contributed by atoms with Crippen LogP contribution in [-0.2, 0) is 19.1 Å². The lowest BCUT2D eigenvalue weighted by Gasteiger charge is -2.38. The van der Waals surface area contributed by atoms with Gasteiger partial charge in [-0.3, -0.25) is 14.7 Å². The number of methoxy groups -OCH3 is 1. The lowest BCUT2D eigenvalue weighted by Crippen LogP contribution is -2.49. The maximum atomic E-state index is 13.8. The molecule has 0 spiro atoms. The lowest BCUT2D eigenvalue weighted by atomic mass is 9.94. The number of rotatable bonds is 8. The summed E-state index contributed by atoms with van der Waals surface area (Å²) in [5.74, 6) is -2.11. The van der Waals surface area contributed by atoms with Crippen LogP contribution in [0.15, 0.2) is 46.0 Å². The SMILES string of the molecule is COC(=O)C1=C(CN2CCOC[C@H]2CC(C)C(=O)O)NC(c2nccs2)=N[C@H]1c1ccc(F)cc1Cl. The number of hydrogen-bond acceptors (Lipinski definition) is 9. The van der Waals surface area contributed by atoms with E-state index in [4.69, 9.17) is 26.1 Å². The first-order chi connectivity index (χ1) is 17.3. The zero-order chi connectivity index (χ0) is 25.8. The van der Waals surface area contributed by atoms with E-state index in [1.54, 1.807) is 13.1 Å². The first-order valence-electron chi connectivity index (χ1n) is 11.3. The van der Waals surface area contributed by atoms with Crippen LogP contribution in [0.1, 0.15) is 30.0 Å². The van der Waals surface area contributed by atoms with E-state index in [0.29, 0.717) is 48.3 Å². The second-order valence-electron chi connectivity index (χ2n) is 8.57. The first kappa shape index (κ1) is 26.2. The third-order valence-electron chi connectivity index (χ3n) is 6.18. The van der Waals surface area contributed by atoms with Crippen molar-refractivity contribution in [3.63, 3.8) is 0 Å². The van der Waals surface area contributed by atoms with E-state index in [9.17, 15) is 19.1 Å². The molecule has 0 radical (unpaired) electrons. The highest BCUT2D eigenvalue weighted by Crippen LogP contribution is 2.37. The Labute approximate surface area is 216 Å². The summed E-state index contributed by atoms with van der Waals surface area (Å²) in [5.41, 5.74) is 1.22. The van der Waals surface area contributed by atoms with Crippen molar-refractivity contribution < 1.29 is 28.6 Å². The van der Waals surface area contributed by atoms with Gasteiger partial charge in [0.1, 0.15) is 11.9 Å². The fourth-order valence-electron chi connectivity index (χ4n) is 4.29. The van der Waals surface area contributed by atoms with Crippen LogP contribution in [0.3, 0.4) is 0 Å².